The molecule has 0 saturated carbocycles. The van der Waals surface area contributed by atoms with Crippen LogP contribution in [0.4, 0.5) is 0 Å². The van der Waals surface area contributed by atoms with Crippen molar-refractivity contribution in [3.63, 3.8) is 0 Å². The van der Waals surface area contributed by atoms with Gasteiger partial charge in [-0.3, -0.25) is 9.78 Å². The molecule has 1 amide bonds. The second-order valence-electron chi connectivity index (χ2n) is 4.00. The molecule has 1 aromatic rings. The summed E-state index contributed by atoms with van der Waals surface area (Å²) >= 11 is 0. The lowest BCUT2D eigenvalue weighted by Gasteiger charge is -2.18. The van der Waals surface area contributed by atoms with E-state index in [4.69, 9.17) is 5.11 Å². The Kier molecular flexibility index (Phi) is 6.14. The van der Waals surface area contributed by atoms with Gasteiger partial charge >= 0.3 is 0 Å². The Balaban J connectivity index is 2.22. The third kappa shape index (κ3) is 4.71. The van der Waals surface area contributed by atoms with Crippen LogP contribution < -0.4 is 5.32 Å². The average molecular weight is 251 g/mol. The van der Waals surface area contributed by atoms with E-state index in [0.29, 0.717) is 19.5 Å². The third-order valence-electron chi connectivity index (χ3n) is 2.75. The molecule has 2 N–H and O–H groups in total. The normalized spacial score (nSPS) is 10.3. The van der Waals surface area contributed by atoms with Crippen LogP contribution in [0.15, 0.2) is 18.3 Å². The van der Waals surface area contributed by atoms with Crippen LogP contribution in [-0.4, -0.2) is 40.5 Å². The molecule has 0 saturated heterocycles. The molecular formula is C13H21N3O2. The molecule has 1 rings (SSSR count). The molecule has 100 valence electrons. The zero-order chi connectivity index (χ0) is 13.4. The molecule has 1 heterocycles. The zero-order valence-electron chi connectivity index (χ0n) is 11.0. The number of carbonyl (C=O) groups excluding carboxylic acids is 1. The van der Waals surface area contributed by atoms with Crippen molar-refractivity contribution in [2.45, 2.75) is 26.8 Å². The van der Waals surface area contributed by atoms with E-state index in [1.807, 2.05) is 18.7 Å². The number of nitrogens with one attached hydrogen (secondary N) is 1. The van der Waals surface area contributed by atoms with Crippen LogP contribution in [-0.2, 0) is 11.3 Å². The first-order chi connectivity index (χ1) is 8.67. The van der Waals surface area contributed by atoms with Gasteiger partial charge in [-0.15, -0.1) is 0 Å². The predicted octanol–water partition coefficient (Wildman–Crippen LogP) is 1.14. The predicted molar refractivity (Wildman–Crippen MR) is 70.2 cm³/mol. The molecule has 0 aliphatic carbocycles. The SMILES string of the molecule is CCN(CC)C(=O)CCNCc1ccc(O)cn1. The summed E-state index contributed by atoms with van der Waals surface area (Å²) in [5, 5.41) is 12.2. The van der Waals surface area contributed by atoms with Crippen molar-refractivity contribution < 1.29 is 9.90 Å². The smallest absolute Gasteiger partial charge is 0.223 e. The lowest BCUT2D eigenvalue weighted by atomic mass is 10.3. The maximum absolute atomic E-state index is 11.7. The van der Waals surface area contributed by atoms with Crippen molar-refractivity contribution >= 4 is 5.91 Å². The minimum Gasteiger partial charge on any atom is -0.506 e. The van der Waals surface area contributed by atoms with E-state index >= 15 is 0 Å². The molecule has 0 atom stereocenters. The third-order valence-corrected chi connectivity index (χ3v) is 2.75. The van der Waals surface area contributed by atoms with E-state index in [-0.39, 0.29) is 11.7 Å². The van der Waals surface area contributed by atoms with Gasteiger partial charge in [0.15, 0.2) is 0 Å². The van der Waals surface area contributed by atoms with Gasteiger partial charge < -0.3 is 15.3 Å². The molecule has 0 unspecified atom stereocenters. The lowest BCUT2D eigenvalue weighted by molar-refractivity contribution is -0.130. The minimum absolute atomic E-state index is 0.162. The fourth-order valence-corrected chi connectivity index (χ4v) is 1.67. The Morgan fingerprint density at radius 3 is 2.67 bits per heavy atom. The molecule has 18 heavy (non-hydrogen) atoms. The second-order valence-corrected chi connectivity index (χ2v) is 4.00. The van der Waals surface area contributed by atoms with Gasteiger partial charge in [0, 0.05) is 32.6 Å². The van der Waals surface area contributed by atoms with Gasteiger partial charge in [-0.25, -0.2) is 0 Å². The summed E-state index contributed by atoms with van der Waals surface area (Å²) in [7, 11) is 0. The summed E-state index contributed by atoms with van der Waals surface area (Å²) in [4.78, 5) is 17.6. The van der Waals surface area contributed by atoms with Crippen LogP contribution in [0.1, 0.15) is 26.0 Å². The number of aromatic hydroxyl groups is 1. The van der Waals surface area contributed by atoms with Crippen molar-refractivity contribution in [3.05, 3.63) is 24.0 Å². The number of carbonyl (C=O) groups is 1. The number of rotatable bonds is 7. The maximum Gasteiger partial charge on any atom is 0.223 e. The van der Waals surface area contributed by atoms with E-state index < -0.39 is 0 Å². The first kappa shape index (κ1) is 14.4. The maximum atomic E-state index is 11.7. The van der Waals surface area contributed by atoms with E-state index in [0.717, 1.165) is 18.8 Å². The van der Waals surface area contributed by atoms with E-state index in [1.165, 1.54) is 6.20 Å². The van der Waals surface area contributed by atoms with Crippen LogP contribution >= 0.6 is 0 Å². The molecule has 0 radical (unpaired) electrons. The van der Waals surface area contributed by atoms with Gasteiger partial charge in [-0.2, -0.15) is 0 Å². The highest BCUT2D eigenvalue weighted by Gasteiger charge is 2.08. The van der Waals surface area contributed by atoms with Gasteiger partial charge in [-0.1, -0.05) is 0 Å². The molecule has 0 bridgehead atoms. The van der Waals surface area contributed by atoms with Gasteiger partial charge in [-0.05, 0) is 26.0 Å². The molecule has 0 spiro atoms. The molecule has 1 aromatic heterocycles. The first-order valence-corrected chi connectivity index (χ1v) is 6.29. The van der Waals surface area contributed by atoms with Gasteiger partial charge in [0.05, 0.1) is 11.9 Å². The number of amides is 1. The monoisotopic (exact) mass is 251 g/mol. The summed E-state index contributed by atoms with van der Waals surface area (Å²) in [6.07, 6.45) is 1.91. The number of hydrogen-bond acceptors (Lipinski definition) is 4. The Morgan fingerprint density at radius 1 is 1.39 bits per heavy atom. The minimum atomic E-state index is 0.162. The number of nitrogens with zero attached hydrogens (tertiary/aromatic N) is 2. The van der Waals surface area contributed by atoms with Crippen molar-refractivity contribution in [2.24, 2.45) is 0 Å². The standard InChI is InChI=1S/C13H21N3O2/c1-3-16(4-2)13(18)7-8-14-9-11-5-6-12(17)10-15-11/h5-6,10,14,17H,3-4,7-9H2,1-2H3. The molecule has 5 nitrogen and oxygen atoms in total. The van der Waals surface area contributed by atoms with Crippen molar-refractivity contribution in [1.82, 2.24) is 15.2 Å². The first-order valence-electron chi connectivity index (χ1n) is 6.29. The summed E-state index contributed by atoms with van der Waals surface area (Å²) in [6.45, 7) is 6.72. The van der Waals surface area contributed by atoms with Crippen LogP contribution in [0.3, 0.4) is 0 Å². The quantitative estimate of drug-likeness (QED) is 0.713. The molecule has 0 fully saturated rings. The largest absolute Gasteiger partial charge is 0.506 e. The van der Waals surface area contributed by atoms with E-state index in [1.54, 1.807) is 12.1 Å². The highest BCUT2D eigenvalue weighted by Crippen LogP contribution is 2.05. The Labute approximate surface area is 108 Å². The average Bonchev–Trinajstić information content (AvgIpc) is 2.38. The van der Waals surface area contributed by atoms with Gasteiger partial charge in [0.25, 0.3) is 0 Å². The van der Waals surface area contributed by atoms with E-state index in [9.17, 15) is 4.79 Å². The van der Waals surface area contributed by atoms with Crippen LogP contribution in [0.2, 0.25) is 0 Å². The Hall–Kier alpha value is -1.62. The summed E-state index contributed by atoms with van der Waals surface area (Å²) in [5.74, 6) is 0.335. The highest BCUT2D eigenvalue weighted by molar-refractivity contribution is 5.76. The summed E-state index contributed by atoms with van der Waals surface area (Å²) in [5.41, 5.74) is 0.850. The molecule has 0 aliphatic heterocycles. The van der Waals surface area contributed by atoms with Crippen molar-refractivity contribution in [2.75, 3.05) is 19.6 Å². The molecular weight excluding hydrogens is 230 g/mol. The summed E-state index contributed by atoms with van der Waals surface area (Å²) in [6, 6.07) is 3.36. The molecule has 0 aliphatic rings. The lowest BCUT2D eigenvalue weighted by Crippen LogP contribution is -2.32. The van der Waals surface area contributed by atoms with Gasteiger partial charge in [0.2, 0.25) is 5.91 Å². The zero-order valence-corrected chi connectivity index (χ0v) is 11.0. The van der Waals surface area contributed by atoms with Crippen molar-refractivity contribution in [3.8, 4) is 5.75 Å². The Bertz CT molecular complexity index is 361. The Morgan fingerprint density at radius 2 is 2.11 bits per heavy atom. The molecule has 5 heteroatoms. The fourth-order valence-electron chi connectivity index (χ4n) is 1.67. The second kappa shape index (κ2) is 7.66. The number of hydrogen-bond donors (Lipinski definition) is 2. The number of aromatic nitrogens is 1. The summed E-state index contributed by atoms with van der Waals surface area (Å²) < 4.78 is 0. The van der Waals surface area contributed by atoms with E-state index in [2.05, 4.69) is 10.3 Å². The topological polar surface area (TPSA) is 65.5 Å². The van der Waals surface area contributed by atoms with Crippen LogP contribution in [0, 0.1) is 0 Å². The number of pyridine rings is 1. The van der Waals surface area contributed by atoms with Gasteiger partial charge in [0.1, 0.15) is 5.75 Å². The van der Waals surface area contributed by atoms with Crippen LogP contribution in [0.5, 0.6) is 5.75 Å². The van der Waals surface area contributed by atoms with Crippen molar-refractivity contribution in [1.29, 1.82) is 0 Å². The van der Waals surface area contributed by atoms with Crippen LogP contribution in [0.25, 0.3) is 0 Å². The fraction of sp³-hybridized carbons (Fsp3) is 0.538. The molecule has 0 aromatic carbocycles. The highest BCUT2D eigenvalue weighted by atomic mass is 16.3.